The van der Waals surface area contributed by atoms with E-state index in [1.807, 2.05) is 6.07 Å². The van der Waals surface area contributed by atoms with Crippen molar-refractivity contribution < 1.29 is 4.74 Å². The van der Waals surface area contributed by atoms with Crippen molar-refractivity contribution in [2.75, 3.05) is 9.80 Å². The summed E-state index contributed by atoms with van der Waals surface area (Å²) in [5, 5.41) is 0. The van der Waals surface area contributed by atoms with Crippen LogP contribution in [0.15, 0.2) is 170 Å². The quantitative estimate of drug-likeness (QED) is 0.191. The summed E-state index contributed by atoms with van der Waals surface area (Å²) in [6.07, 6.45) is 0. The fourth-order valence-corrected chi connectivity index (χ4v) is 7.60. The summed E-state index contributed by atoms with van der Waals surface area (Å²) in [7, 11) is 0. The van der Waals surface area contributed by atoms with Crippen molar-refractivity contribution in [3.8, 4) is 33.8 Å². The van der Waals surface area contributed by atoms with Gasteiger partial charge in [0.1, 0.15) is 0 Å². The van der Waals surface area contributed by atoms with Crippen LogP contribution in [-0.4, -0.2) is 0 Å². The molecule has 0 saturated heterocycles. The van der Waals surface area contributed by atoms with Crippen LogP contribution in [0.25, 0.3) is 22.3 Å². The first kappa shape index (κ1) is 28.2. The minimum Gasteiger partial charge on any atom is -0.453 e. The lowest BCUT2D eigenvalue weighted by molar-refractivity contribution is 0.471. The number of nitrogens with zero attached hydrogens (tertiary/aromatic N) is 2. The molecule has 2 aliphatic heterocycles. The van der Waals surface area contributed by atoms with Crippen molar-refractivity contribution in [3.05, 3.63) is 181 Å². The highest BCUT2D eigenvalue weighted by Gasteiger charge is 2.43. The van der Waals surface area contributed by atoms with E-state index in [-0.39, 0.29) is 5.41 Å². The average Bonchev–Trinajstić information content (AvgIpc) is 3.14. The first-order valence-corrected chi connectivity index (χ1v) is 16.5. The van der Waals surface area contributed by atoms with Crippen molar-refractivity contribution in [1.29, 1.82) is 0 Å². The highest BCUT2D eigenvalue weighted by atomic mass is 16.5. The van der Waals surface area contributed by atoms with Gasteiger partial charge in [0.25, 0.3) is 0 Å². The lowest BCUT2D eigenvalue weighted by Gasteiger charge is -2.46. The smallest absolute Gasteiger partial charge is 0.151 e. The Balaban J connectivity index is 1.32. The molecular formula is C45H34N2O. The fraction of sp³-hybridized carbons (Fsp3) is 0.0667. The molecule has 0 spiro atoms. The molecule has 0 aliphatic carbocycles. The molecule has 7 aromatic rings. The van der Waals surface area contributed by atoms with E-state index < -0.39 is 0 Å². The molecular weight excluding hydrogens is 585 g/mol. The molecule has 0 saturated carbocycles. The number of hydrogen-bond acceptors (Lipinski definition) is 3. The van der Waals surface area contributed by atoms with Gasteiger partial charge in [0.15, 0.2) is 11.5 Å². The van der Waals surface area contributed by atoms with E-state index >= 15 is 0 Å². The third-order valence-electron chi connectivity index (χ3n) is 9.81. The van der Waals surface area contributed by atoms with Gasteiger partial charge in [-0.25, -0.2) is 0 Å². The second kappa shape index (κ2) is 11.0. The second-order valence-electron chi connectivity index (χ2n) is 13.0. The van der Waals surface area contributed by atoms with Gasteiger partial charge in [0.05, 0.1) is 28.4 Å². The van der Waals surface area contributed by atoms with E-state index in [2.05, 4.69) is 187 Å². The molecule has 9 rings (SSSR count). The van der Waals surface area contributed by atoms with Crippen molar-refractivity contribution in [1.82, 2.24) is 0 Å². The monoisotopic (exact) mass is 618 g/mol. The zero-order valence-corrected chi connectivity index (χ0v) is 27.0. The van der Waals surface area contributed by atoms with E-state index in [0.29, 0.717) is 0 Å². The van der Waals surface area contributed by atoms with Gasteiger partial charge in [0.2, 0.25) is 0 Å². The number of ether oxygens (including phenoxy) is 1. The Morgan fingerprint density at radius 2 is 1.06 bits per heavy atom. The van der Waals surface area contributed by atoms with Gasteiger partial charge in [-0.1, -0.05) is 135 Å². The lowest BCUT2D eigenvalue weighted by Crippen LogP contribution is -2.34. The zero-order valence-electron chi connectivity index (χ0n) is 27.0. The van der Waals surface area contributed by atoms with Crippen molar-refractivity contribution in [2.24, 2.45) is 0 Å². The number of hydrogen-bond donors (Lipinski definition) is 0. The lowest BCUT2D eigenvalue weighted by atomic mass is 9.72. The molecule has 0 fully saturated rings. The van der Waals surface area contributed by atoms with E-state index in [1.54, 1.807) is 0 Å². The Morgan fingerprint density at radius 3 is 1.85 bits per heavy atom. The largest absolute Gasteiger partial charge is 0.453 e. The Hall–Kier alpha value is -6.06. The Morgan fingerprint density at radius 1 is 0.479 bits per heavy atom. The van der Waals surface area contributed by atoms with Crippen LogP contribution in [0.3, 0.4) is 0 Å². The maximum atomic E-state index is 6.51. The molecule has 0 bridgehead atoms. The van der Waals surface area contributed by atoms with Gasteiger partial charge >= 0.3 is 0 Å². The molecule has 0 unspecified atom stereocenters. The number of anilines is 6. The third kappa shape index (κ3) is 4.35. The summed E-state index contributed by atoms with van der Waals surface area (Å²) >= 11 is 0. The minimum atomic E-state index is -0.340. The van der Waals surface area contributed by atoms with Crippen LogP contribution in [0, 0.1) is 0 Å². The highest BCUT2D eigenvalue weighted by molar-refractivity contribution is 5.98. The summed E-state index contributed by atoms with van der Waals surface area (Å²) in [5.41, 5.74) is 13.6. The second-order valence-corrected chi connectivity index (χ2v) is 13.0. The molecule has 2 aliphatic rings. The van der Waals surface area contributed by atoms with Gasteiger partial charge in [-0.3, -0.25) is 0 Å². The molecule has 0 aromatic heterocycles. The first-order chi connectivity index (χ1) is 23.6. The molecule has 0 atom stereocenters. The molecule has 48 heavy (non-hydrogen) atoms. The molecule has 7 aromatic carbocycles. The van der Waals surface area contributed by atoms with E-state index in [1.165, 1.54) is 33.4 Å². The van der Waals surface area contributed by atoms with Crippen molar-refractivity contribution in [2.45, 2.75) is 19.3 Å². The normalized spacial score (nSPS) is 13.5. The predicted octanol–water partition coefficient (Wildman–Crippen LogP) is 12.7. The SMILES string of the molecule is CC1(C)c2cccc3c2N(c2ccccc2O3)c2cccc(N(c3ccc(-c4ccccc4)cc3)c3ccccc3-c3ccccc3)c21. The molecule has 3 heteroatoms. The summed E-state index contributed by atoms with van der Waals surface area (Å²) in [6, 6.07) is 60.6. The van der Waals surface area contributed by atoms with Gasteiger partial charge in [0, 0.05) is 22.2 Å². The van der Waals surface area contributed by atoms with Gasteiger partial charge in [-0.15, -0.1) is 0 Å². The van der Waals surface area contributed by atoms with E-state index in [0.717, 1.165) is 45.6 Å². The third-order valence-corrected chi connectivity index (χ3v) is 9.81. The molecule has 3 nitrogen and oxygen atoms in total. The maximum absolute atomic E-state index is 6.51. The van der Waals surface area contributed by atoms with Gasteiger partial charge in [-0.2, -0.15) is 0 Å². The minimum absolute atomic E-state index is 0.340. The number of rotatable bonds is 5. The van der Waals surface area contributed by atoms with Crippen LogP contribution in [-0.2, 0) is 5.41 Å². The number of fused-ring (bicyclic) bond motifs is 4. The Kier molecular flexibility index (Phi) is 6.48. The predicted molar refractivity (Wildman–Crippen MR) is 199 cm³/mol. The highest BCUT2D eigenvalue weighted by Crippen LogP contribution is 2.62. The average molecular weight is 619 g/mol. The maximum Gasteiger partial charge on any atom is 0.151 e. The number of benzene rings is 7. The first-order valence-electron chi connectivity index (χ1n) is 16.5. The van der Waals surface area contributed by atoms with Crippen LogP contribution in [0.1, 0.15) is 25.0 Å². The van der Waals surface area contributed by atoms with Crippen LogP contribution in [0.5, 0.6) is 11.5 Å². The Bertz CT molecular complexity index is 2290. The van der Waals surface area contributed by atoms with Crippen molar-refractivity contribution in [3.63, 3.8) is 0 Å². The van der Waals surface area contributed by atoms with E-state index in [9.17, 15) is 0 Å². The molecule has 2 heterocycles. The summed E-state index contributed by atoms with van der Waals surface area (Å²) in [4.78, 5) is 4.87. The Labute approximate surface area is 281 Å². The molecule has 0 radical (unpaired) electrons. The van der Waals surface area contributed by atoms with Crippen LogP contribution in [0.2, 0.25) is 0 Å². The summed E-state index contributed by atoms with van der Waals surface area (Å²) < 4.78 is 6.51. The van der Waals surface area contributed by atoms with E-state index in [4.69, 9.17) is 4.74 Å². The van der Waals surface area contributed by atoms with Crippen LogP contribution >= 0.6 is 0 Å². The zero-order chi connectivity index (χ0) is 32.2. The number of para-hydroxylation sites is 4. The summed E-state index contributed by atoms with van der Waals surface area (Å²) in [6.45, 7) is 4.70. The van der Waals surface area contributed by atoms with Crippen molar-refractivity contribution >= 4 is 34.1 Å². The molecule has 230 valence electrons. The van der Waals surface area contributed by atoms with Crippen LogP contribution < -0.4 is 14.5 Å². The van der Waals surface area contributed by atoms with Crippen LogP contribution in [0.4, 0.5) is 34.1 Å². The topological polar surface area (TPSA) is 15.7 Å². The van der Waals surface area contributed by atoms with Gasteiger partial charge < -0.3 is 14.5 Å². The van der Waals surface area contributed by atoms with Gasteiger partial charge in [-0.05, 0) is 70.8 Å². The standard InChI is InChI=1S/C45H34N2O/c1-45(2)36-20-13-26-42-44(36)47(38-22-11-12-25-41(38)48-42)40-24-14-23-39(43(40)45)46(34-29-27-32(28-30-34)31-15-5-3-6-16-31)37-21-10-9-19-35(37)33-17-7-4-8-18-33/h3-30H,1-2H3. The molecule has 0 amide bonds. The molecule has 0 N–H and O–H groups in total. The summed E-state index contributed by atoms with van der Waals surface area (Å²) in [5.74, 6) is 1.75. The fourth-order valence-electron chi connectivity index (χ4n) is 7.60.